The van der Waals surface area contributed by atoms with Crippen molar-refractivity contribution in [2.75, 3.05) is 25.6 Å². The van der Waals surface area contributed by atoms with Crippen LogP contribution in [0, 0.1) is 6.92 Å². The Morgan fingerprint density at radius 3 is 2.83 bits per heavy atom. The van der Waals surface area contributed by atoms with E-state index in [4.69, 9.17) is 14.5 Å². The summed E-state index contributed by atoms with van der Waals surface area (Å²) in [7, 11) is 1.62. The van der Waals surface area contributed by atoms with E-state index in [0.717, 1.165) is 5.56 Å². The summed E-state index contributed by atoms with van der Waals surface area (Å²) in [6, 6.07) is 12.7. The van der Waals surface area contributed by atoms with Crippen molar-refractivity contribution in [3.8, 4) is 11.4 Å². The van der Waals surface area contributed by atoms with Gasteiger partial charge in [0.1, 0.15) is 30.0 Å². The normalized spacial score (nSPS) is 12.2. The van der Waals surface area contributed by atoms with Crippen molar-refractivity contribution in [1.82, 2.24) is 29.5 Å². The maximum absolute atomic E-state index is 13.9. The number of anilines is 1. The molecule has 0 fully saturated rings. The highest BCUT2D eigenvalue weighted by molar-refractivity contribution is 5.83. The first-order valence-electron chi connectivity index (χ1n) is 11.2. The van der Waals surface area contributed by atoms with Gasteiger partial charge < -0.3 is 19.8 Å². The maximum Gasteiger partial charge on any atom is 0.266 e. The van der Waals surface area contributed by atoms with Crippen molar-refractivity contribution in [3.63, 3.8) is 0 Å². The number of imidazole rings is 1. The Morgan fingerprint density at radius 1 is 1.11 bits per heavy atom. The summed E-state index contributed by atoms with van der Waals surface area (Å²) in [6.07, 6.45) is 3.03. The molecule has 5 aromatic rings. The van der Waals surface area contributed by atoms with E-state index in [1.54, 1.807) is 18.0 Å². The fourth-order valence-electron chi connectivity index (χ4n) is 4.05. The van der Waals surface area contributed by atoms with Crippen molar-refractivity contribution in [1.29, 1.82) is 0 Å². The number of ether oxygens (including phenoxy) is 2. The molecular weight excluding hydrogens is 446 g/mol. The molecule has 35 heavy (non-hydrogen) atoms. The molecule has 3 aromatic heterocycles. The van der Waals surface area contributed by atoms with Gasteiger partial charge in [-0.25, -0.2) is 19.9 Å². The van der Waals surface area contributed by atoms with Gasteiger partial charge in [-0.05, 0) is 37.6 Å². The lowest BCUT2D eigenvalue weighted by atomic mass is 10.1. The fourth-order valence-corrected chi connectivity index (χ4v) is 4.05. The predicted molar refractivity (Wildman–Crippen MR) is 133 cm³/mol. The third kappa shape index (κ3) is 4.31. The number of benzene rings is 2. The van der Waals surface area contributed by atoms with E-state index >= 15 is 0 Å². The molecular formula is C25H25N7O3. The quantitative estimate of drug-likeness (QED) is 0.330. The second kappa shape index (κ2) is 9.51. The van der Waals surface area contributed by atoms with E-state index in [1.807, 2.05) is 56.3 Å². The molecule has 0 aliphatic rings. The standard InChI is InChI=1S/C25H25N7O3/c1-15-6-4-9-19-20(15)25(33)32(17-7-5-8-18(12-17)35-11-10-34-3)24(31-19)16(2)30-23-21-22(27-13-26-21)28-14-29-23/h4-9,12-14,16H,10-11H2,1-3H3,(H2,26,27,28,29,30). The number of methoxy groups -OCH3 is 1. The van der Waals surface area contributed by atoms with Gasteiger partial charge in [0.15, 0.2) is 11.5 Å². The molecule has 5 rings (SSSR count). The van der Waals surface area contributed by atoms with E-state index in [-0.39, 0.29) is 11.6 Å². The zero-order valence-corrected chi connectivity index (χ0v) is 19.6. The number of H-pyrrole nitrogens is 1. The summed E-state index contributed by atoms with van der Waals surface area (Å²) in [4.78, 5) is 34.6. The molecule has 0 radical (unpaired) electrons. The number of fused-ring (bicyclic) bond motifs is 2. The summed E-state index contributed by atoms with van der Waals surface area (Å²) in [5.41, 5.74) is 3.23. The highest BCUT2D eigenvalue weighted by atomic mass is 16.5. The number of rotatable bonds is 8. The van der Waals surface area contributed by atoms with E-state index in [1.165, 1.54) is 6.33 Å². The van der Waals surface area contributed by atoms with Gasteiger partial charge in [0.05, 0.1) is 35.6 Å². The lowest BCUT2D eigenvalue weighted by Gasteiger charge is -2.21. The largest absolute Gasteiger partial charge is 0.491 e. The van der Waals surface area contributed by atoms with Crippen LogP contribution in [-0.2, 0) is 4.74 Å². The van der Waals surface area contributed by atoms with Crippen LogP contribution >= 0.6 is 0 Å². The minimum absolute atomic E-state index is 0.154. The van der Waals surface area contributed by atoms with Crippen LogP contribution in [0.2, 0.25) is 0 Å². The van der Waals surface area contributed by atoms with Gasteiger partial charge in [0.2, 0.25) is 0 Å². The number of nitrogens with zero attached hydrogens (tertiary/aromatic N) is 5. The maximum atomic E-state index is 13.9. The van der Waals surface area contributed by atoms with Gasteiger partial charge >= 0.3 is 0 Å². The Hall–Kier alpha value is -4.31. The van der Waals surface area contributed by atoms with Crippen LogP contribution in [0.3, 0.4) is 0 Å². The first-order chi connectivity index (χ1) is 17.1. The van der Waals surface area contributed by atoms with Gasteiger partial charge in [-0.15, -0.1) is 0 Å². The highest BCUT2D eigenvalue weighted by Crippen LogP contribution is 2.25. The van der Waals surface area contributed by atoms with Crippen molar-refractivity contribution >= 4 is 27.9 Å². The third-order valence-corrected chi connectivity index (χ3v) is 5.72. The number of aromatic nitrogens is 6. The molecule has 2 aromatic carbocycles. The minimum atomic E-state index is -0.388. The number of nitrogens with one attached hydrogen (secondary N) is 2. The third-order valence-electron chi connectivity index (χ3n) is 5.72. The number of hydrogen-bond acceptors (Lipinski definition) is 8. The lowest BCUT2D eigenvalue weighted by molar-refractivity contribution is 0.146. The van der Waals surface area contributed by atoms with E-state index in [9.17, 15) is 4.79 Å². The summed E-state index contributed by atoms with van der Waals surface area (Å²) in [5, 5.41) is 3.93. The fraction of sp³-hybridized carbons (Fsp3) is 0.240. The van der Waals surface area contributed by atoms with Crippen LogP contribution in [-0.4, -0.2) is 49.8 Å². The monoisotopic (exact) mass is 471 g/mol. The van der Waals surface area contributed by atoms with Crippen molar-refractivity contribution in [3.05, 3.63) is 76.9 Å². The second-order valence-corrected chi connectivity index (χ2v) is 8.11. The molecule has 2 N–H and O–H groups in total. The molecule has 0 spiro atoms. The molecule has 0 saturated carbocycles. The molecule has 1 atom stereocenters. The molecule has 0 saturated heterocycles. The SMILES string of the molecule is COCCOc1cccc(-n2c(C(C)Nc3ncnc4[nH]cnc34)nc3cccc(C)c3c2=O)c1. The van der Waals surface area contributed by atoms with Crippen LogP contribution in [0.25, 0.3) is 27.8 Å². The summed E-state index contributed by atoms with van der Waals surface area (Å²) in [6.45, 7) is 4.71. The van der Waals surface area contributed by atoms with Gasteiger partial charge in [-0.2, -0.15) is 0 Å². The van der Waals surface area contributed by atoms with Gasteiger partial charge in [-0.1, -0.05) is 18.2 Å². The van der Waals surface area contributed by atoms with Crippen LogP contribution in [0.4, 0.5) is 5.82 Å². The smallest absolute Gasteiger partial charge is 0.266 e. The van der Waals surface area contributed by atoms with Crippen LogP contribution in [0.5, 0.6) is 5.75 Å². The van der Waals surface area contributed by atoms with Gasteiger partial charge in [0.25, 0.3) is 5.56 Å². The van der Waals surface area contributed by atoms with E-state index in [0.29, 0.717) is 58.4 Å². The average molecular weight is 472 g/mol. The first-order valence-corrected chi connectivity index (χ1v) is 11.2. The minimum Gasteiger partial charge on any atom is -0.491 e. The van der Waals surface area contributed by atoms with Crippen LogP contribution in [0.1, 0.15) is 24.4 Å². The summed E-state index contributed by atoms with van der Waals surface area (Å²) < 4.78 is 12.5. The number of aryl methyl sites for hydroxylation is 1. The zero-order chi connectivity index (χ0) is 24.4. The average Bonchev–Trinajstić information content (AvgIpc) is 3.34. The molecule has 0 aliphatic heterocycles. The molecule has 10 nitrogen and oxygen atoms in total. The summed E-state index contributed by atoms with van der Waals surface area (Å²) >= 11 is 0. The number of hydrogen-bond donors (Lipinski definition) is 2. The molecule has 0 amide bonds. The summed E-state index contributed by atoms with van der Waals surface area (Å²) in [5.74, 6) is 1.71. The Labute approximate surface area is 201 Å². The van der Waals surface area contributed by atoms with E-state index in [2.05, 4.69) is 25.3 Å². The van der Waals surface area contributed by atoms with Crippen LogP contribution in [0.15, 0.2) is 59.9 Å². The van der Waals surface area contributed by atoms with E-state index < -0.39 is 0 Å². The topological polar surface area (TPSA) is 120 Å². The zero-order valence-electron chi connectivity index (χ0n) is 19.6. The Bertz CT molecular complexity index is 1560. The predicted octanol–water partition coefficient (Wildman–Crippen LogP) is 3.56. The first kappa shape index (κ1) is 22.5. The van der Waals surface area contributed by atoms with Gasteiger partial charge in [-0.3, -0.25) is 9.36 Å². The Kier molecular flexibility index (Phi) is 6.11. The molecule has 10 heteroatoms. The molecule has 3 heterocycles. The molecule has 0 bridgehead atoms. The number of aromatic amines is 1. The Morgan fingerprint density at radius 2 is 1.97 bits per heavy atom. The van der Waals surface area contributed by atoms with Crippen molar-refractivity contribution in [2.45, 2.75) is 19.9 Å². The molecule has 1 unspecified atom stereocenters. The highest BCUT2D eigenvalue weighted by Gasteiger charge is 2.21. The molecule has 0 aliphatic carbocycles. The van der Waals surface area contributed by atoms with Gasteiger partial charge in [0, 0.05) is 13.2 Å². The second-order valence-electron chi connectivity index (χ2n) is 8.11. The van der Waals surface area contributed by atoms with Crippen molar-refractivity contribution in [2.24, 2.45) is 0 Å². The van der Waals surface area contributed by atoms with Crippen LogP contribution < -0.4 is 15.6 Å². The molecule has 178 valence electrons. The van der Waals surface area contributed by atoms with Crippen molar-refractivity contribution < 1.29 is 9.47 Å². The lowest BCUT2D eigenvalue weighted by Crippen LogP contribution is -2.28. The Balaban J connectivity index is 1.64.